The number of carbonyl (C=O) groups is 1. The molecule has 0 saturated carbocycles. The van der Waals surface area contributed by atoms with Crippen LogP contribution in [-0.2, 0) is 4.79 Å². The van der Waals surface area contributed by atoms with Crippen LogP contribution in [0.1, 0.15) is 51.1 Å². The van der Waals surface area contributed by atoms with E-state index in [1.807, 2.05) is 23.8 Å². The van der Waals surface area contributed by atoms with Crippen LogP contribution in [0.15, 0.2) is 48.1 Å². The van der Waals surface area contributed by atoms with Gasteiger partial charge in [0.1, 0.15) is 5.65 Å². The van der Waals surface area contributed by atoms with Gasteiger partial charge in [-0.15, -0.1) is 11.3 Å². The highest BCUT2D eigenvalue weighted by atomic mass is 32.1. The molecule has 1 atom stereocenters. The predicted octanol–water partition coefficient (Wildman–Crippen LogP) is 6.00. The van der Waals surface area contributed by atoms with Crippen LogP contribution in [0.5, 0.6) is 0 Å². The van der Waals surface area contributed by atoms with Gasteiger partial charge in [0.2, 0.25) is 5.91 Å². The van der Waals surface area contributed by atoms with Crippen LogP contribution in [0.25, 0.3) is 26.8 Å². The van der Waals surface area contributed by atoms with Crippen LogP contribution in [0.2, 0.25) is 0 Å². The third kappa shape index (κ3) is 5.94. The number of hydrogen-bond donors (Lipinski definition) is 4. The van der Waals surface area contributed by atoms with Gasteiger partial charge in [-0.2, -0.15) is 0 Å². The number of H-pyrrole nitrogens is 1. The Morgan fingerprint density at radius 3 is 2.97 bits per heavy atom. The summed E-state index contributed by atoms with van der Waals surface area (Å²) in [6.45, 7) is 4.69. The van der Waals surface area contributed by atoms with Crippen molar-refractivity contribution in [2.45, 2.75) is 45.4 Å². The standard InChI is InChI=1S/C28H34N6OS/c1-2-12-29-14-15-30-27(35)10-5-19-3-6-20(7-4-19)25-17-22-23(11-13-31-28(22)34-25)33-21-8-9-24-26(16-21)36-18-32-24/h6,8-9,11,13,16-19,29H,2-5,7,10,12,14-15H2,1H3,(H,30,35)(H2,31,33,34). The highest BCUT2D eigenvalue weighted by molar-refractivity contribution is 7.16. The number of aromatic amines is 1. The molecule has 5 rings (SSSR count). The van der Waals surface area contributed by atoms with E-state index in [2.05, 4.69) is 62.1 Å². The number of hydrogen-bond acceptors (Lipinski definition) is 6. The molecule has 36 heavy (non-hydrogen) atoms. The molecule has 1 unspecified atom stereocenters. The van der Waals surface area contributed by atoms with E-state index in [0.717, 1.165) is 78.8 Å². The molecule has 4 aromatic rings. The van der Waals surface area contributed by atoms with Crippen molar-refractivity contribution < 1.29 is 4.79 Å². The van der Waals surface area contributed by atoms with Crippen molar-refractivity contribution in [1.82, 2.24) is 25.6 Å². The first-order chi connectivity index (χ1) is 17.7. The van der Waals surface area contributed by atoms with Gasteiger partial charge in [-0.05, 0) is 80.5 Å². The number of amides is 1. The van der Waals surface area contributed by atoms with E-state index in [9.17, 15) is 4.79 Å². The van der Waals surface area contributed by atoms with Crippen LogP contribution < -0.4 is 16.0 Å². The molecule has 4 N–H and O–H groups in total. The fraction of sp³-hybridized carbons (Fsp3) is 0.393. The van der Waals surface area contributed by atoms with Crippen LogP contribution >= 0.6 is 11.3 Å². The summed E-state index contributed by atoms with van der Waals surface area (Å²) < 4.78 is 1.17. The smallest absolute Gasteiger partial charge is 0.220 e. The summed E-state index contributed by atoms with van der Waals surface area (Å²) in [4.78, 5) is 24.6. The maximum Gasteiger partial charge on any atom is 0.220 e. The maximum atomic E-state index is 12.1. The van der Waals surface area contributed by atoms with Crippen LogP contribution in [0, 0.1) is 5.92 Å². The second kappa shape index (κ2) is 11.7. The zero-order valence-electron chi connectivity index (χ0n) is 20.8. The number of fused-ring (bicyclic) bond motifs is 2. The first-order valence-corrected chi connectivity index (χ1v) is 13.8. The topological polar surface area (TPSA) is 94.7 Å². The van der Waals surface area contributed by atoms with E-state index in [1.165, 1.54) is 10.3 Å². The van der Waals surface area contributed by atoms with Gasteiger partial charge in [-0.25, -0.2) is 9.97 Å². The fourth-order valence-corrected chi connectivity index (χ4v) is 5.52. The van der Waals surface area contributed by atoms with E-state index in [4.69, 9.17) is 0 Å². The number of anilines is 2. The molecular weight excluding hydrogens is 468 g/mol. The average Bonchev–Trinajstić information content (AvgIpc) is 3.55. The van der Waals surface area contributed by atoms with Crippen molar-refractivity contribution >= 4 is 55.4 Å². The molecule has 8 heteroatoms. The van der Waals surface area contributed by atoms with Gasteiger partial charge < -0.3 is 20.9 Å². The first-order valence-electron chi connectivity index (χ1n) is 12.9. The van der Waals surface area contributed by atoms with E-state index in [0.29, 0.717) is 18.9 Å². The SMILES string of the molecule is CCCNCCNC(=O)CCC1CC=C(c2cc3c(Nc4ccc5ncsc5c4)ccnc3[nH]2)CC1. The molecule has 0 radical (unpaired) electrons. The van der Waals surface area contributed by atoms with Gasteiger partial charge in [0.15, 0.2) is 0 Å². The molecule has 1 aliphatic carbocycles. The average molecular weight is 503 g/mol. The maximum absolute atomic E-state index is 12.1. The van der Waals surface area contributed by atoms with Gasteiger partial charge in [0, 0.05) is 42.5 Å². The molecule has 0 bridgehead atoms. The summed E-state index contributed by atoms with van der Waals surface area (Å²) in [7, 11) is 0. The van der Waals surface area contributed by atoms with Gasteiger partial charge in [-0.1, -0.05) is 13.0 Å². The summed E-state index contributed by atoms with van der Waals surface area (Å²) in [6, 6.07) is 10.5. The Morgan fingerprint density at radius 2 is 2.11 bits per heavy atom. The summed E-state index contributed by atoms with van der Waals surface area (Å²) in [6.07, 6.45) is 10.0. The fourth-order valence-electron chi connectivity index (χ4n) is 4.81. The minimum absolute atomic E-state index is 0.166. The largest absolute Gasteiger partial charge is 0.355 e. The molecule has 7 nitrogen and oxygen atoms in total. The summed E-state index contributed by atoms with van der Waals surface area (Å²) in [5.74, 6) is 0.735. The second-order valence-electron chi connectivity index (χ2n) is 9.47. The third-order valence-electron chi connectivity index (χ3n) is 6.84. The lowest BCUT2D eigenvalue weighted by Crippen LogP contribution is -2.32. The minimum Gasteiger partial charge on any atom is -0.355 e. The molecule has 1 aromatic carbocycles. The second-order valence-corrected chi connectivity index (χ2v) is 10.4. The van der Waals surface area contributed by atoms with Crippen molar-refractivity contribution in [3.63, 3.8) is 0 Å². The highest BCUT2D eigenvalue weighted by Gasteiger charge is 2.18. The molecule has 0 spiro atoms. The quantitative estimate of drug-likeness (QED) is 0.189. The molecule has 3 aromatic heterocycles. The van der Waals surface area contributed by atoms with Gasteiger partial charge >= 0.3 is 0 Å². The number of benzene rings is 1. The number of allylic oxidation sites excluding steroid dienone is 2. The monoisotopic (exact) mass is 502 g/mol. The van der Waals surface area contributed by atoms with Crippen LogP contribution in [-0.4, -0.2) is 40.5 Å². The Hall–Kier alpha value is -3.23. The molecule has 188 valence electrons. The number of nitrogens with one attached hydrogen (secondary N) is 4. The molecule has 0 aliphatic heterocycles. The van der Waals surface area contributed by atoms with Gasteiger partial charge in [-0.3, -0.25) is 4.79 Å². The third-order valence-corrected chi connectivity index (χ3v) is 7.63. The number of thiazole rings is 1. The lowest BCUT2D eigenvalue weighted by atomic mass is 9.85. The Kier molecular flexibility index (Phi) is 7.93. The van der Waals surface area contributed by atoms with Crippen molar-refractivity contribution in [1.29, 1.82) is 0 Å². The lowest BCUT2D eigenvalue weighted by Gasteiger charge is -2.21. The molecule has 0 saturated heterocycles. The van der Waals surface area contributed by atoms with E-state index in [1.54, 1.807) is 11.3 Å². The number of rotatable bonds is 11. The van der Waals surface area contributed by atoms with Crippen molar-refractivity contribution in [3.05, 3.63) is 53.8 Å². The summed E-state index contributed by atoms with van der Waals surface area (Å²) >= 11 is 1.65. The summed E-state index contributed by atoms with van der Waals surface area (Å²) in [5.41, 5.74) is 8.36. The van der Waals surface area contributed by atoms with E-state index in [-0.39, 0.29) is 5.91 Å². The molecule has 0 fully saturated rings. The minimum atomic E-state index is 0.166. The van der Waals surface area contributed by atoms with Gasteiger partial charge in [0.25, 0.3) is 0 Å². The number of carbonyl (C=O) groups excluding carboxylic acids is 1. The Labute approximate surface area is 215 Å². The molecule has 1 aliphatic rings. The van der Waals surface area contributed by atoms with Crippen molar-refractivity contribution in [2.75, 3.05) is 25.0 Å². The molecular formula is C28H34N6OS. The lowest BCUT2D eigenvalue weighted by molar-refractivity contribution is -0.121. The Morgan fingerprint density at radius 1 is 1.17 bits per heavy atom. The zero-order valence-corrected chi connectivity index (χ0v) is 21.6. The Balaban J connectivity index is 1.18. The highest BCUT2D eigenvalue weighted by Crippen LogP contribution is 2.35. The van der Waals surface area contributed by atoms with Crippen LogP contribution in [0.4, 0.5) is 11.4 Å². The number of aromatic nitrogens is 3. The van der Waals surface area contributed by atoms with Crippen LogP contribution in [0.3, 0.4) is 0 Å². The predicted molar refractivity (Wildman–Crippen MR) is 150 cm³/mol. The number of nitrogens with zero attached hydrogens (tertiary/aromatic N) is 2. The van der Waals surface area contributed by atoms with Gasteiger partial charge in [0.05, 0.1) is 21.4 Å². The van der Waals surface area contributed by atoms with Crippen molar-refractivity contribution in [3.8, 4) is 0 Å². The summed E-state index contributed by atoms with van der Waals surface area (Å²) in [5, 5.41) is 11.0. The molecule has 3 heterocycles. The van der Waals surface area contributed by atoms with Crippen molar-refractivity contribution in [2.24, 2.45) is 5.92 Å². The zero-order chi connectivity index (χ0) is 24.7. The normalized spacial score (nSPS) is 15.8. The van der Waals surface area contributed by atoms with E-state index >= 15 is 0 Å². The number of pyridine rings is 1. The molecule has 1 amide bonds. The Bertz CT molecular complexity index is 1360. The van der Waals surface area contributed by atoms with E-state index < -0.39 is 0 Å². The first kappa shape index (κ1) is 24.5.